The minimum atomic E-state index is -2.14. The van der Waals surface area contributed by atoms with Crippen LogP contribution in [0.5, 0.6) is 0 Å². The van der Waals surface area contributed by atoms with Crippen molar-refractivity contribution in [3.63, 3.8) is 0 Å². The van der Waals surface area contributed by atoms with Gasteiger partial charge in [-0.1, -0.05) is 0 Å². The Morgan fingerprint density at radius 3 is 1.79 bits per heavy atom. The van der Waals surface area contributed by atoms with Crippen LogP contribution in [0.25, 0.3) is 0 Å². The number of carbonyl (C=O) groups is 1. The van der Waals surface area contributed by atoms with Gasteiger partial charge < -0.3 is 25.5 Å². The van der Waals surface area contributed by atoms with Gasteiger partial charge in [0.1, 0.15) is 6.10 Å². The maximum absolute atomic E-state index is 10.5. The van der Waals surface area contributed by atoms with E-state index >= 15 is 0 Å². The Morgan fingerprint density at radius 1 is 1.14 bits per heavy atom. The van der Waals surface area contributed by atoms with E-state index in [-0.39, 0.29) is 17.1 Å². The second-order valence-electron chi connectivity index (χ2n) is 3.37. The largest absolute Gasteiger partial charge is 0.479 e. The van der Waals surface area contributed by atoms with Crippen molar-refractivity contribution in [3.05, 3.63) is 0 Å². The van der Waals surface area contributed by atoms with Crippen LogP contribution in [-0.2, 0) is 21.9 Å². The van der Waals surface area contributed by atoms with Gasteiger partial charge in [-0.25, -0.2) is 4.79 Å². The van der Waals surface area contributed by atoms with Crippen LogP contribution in [0, 0.1) is 0 Å². The van der Waals surface area contributed by atoms with Crippen LogP contribution >= 0.6 is 0 Å². The summed E-state index contributed by atoms with van der Waals surface area (Å²) in [5.41, 5.74) is -2.14. The Labute approximate surface area is 90.7 Å². The summed E-state index contributed by atoms with van der Waals surface area (Å²) in [5, 5.41) is 45.2. The molecule has 1 aliphatic carbocycles. The molecule has 1 fully saturated rings. The zero-order chi connectivity index (χ0) is 10.2. The van der Waals surface area contributed by atoms with E-state index in [1.807, 2.05) is 0 Å². The van der Waals surface area contributed by atoms with Gasteiger partial charge in [-0.15, -0.1) is 0 Å². The molecule has 7 heteroatoms. The number of hydrogen-bond acceptors (Lipinski definition) is 5. The molecule has 6 nitrogen and oxygen atoms in total. The number of carboxylic acids is 1. The van der Waals surface area contributed by atoms with Crippen LogP contribution in [0.15, 0.2) is 0 Å². The first-order valence-electron chi connectivity index (χ1n) is 3.87. The molecule has 0 aromatic rings. The zero-order valence-electron chi connectivity index (χ0n) is 7.14. The molecule has 1 rings (SSSR count). The number of aliphatic hydroxyl groups excluding tert-OH is 3. The molecule has 0 aromatic heterocycles. The molecule has 4 atom stereocenters. The molecule has 1 aliphatic rings. The topological polar surface area (TPSA) is 118 Å². The van der Waals surface area contributed by atoms with Gasteiger partial charge in [0.15, 0.2) is 5.60 Å². The molecule has 0 saturated heterocycles. The SMILES string of the molecule is O=C(O)C1(O)CC(O)C(O)[C@H](O)C1.[Fe]. The molecule has 0 spiro atoms. The molecule has 0 aromatic carbocycles. The normalized spacial score (nSPS) is 42.7. The van der Waals surface area contributed by atoms with E-state index in [1.165, 1.54) is 0 Å². The van der Waals surface area contributed by atoms with Gasteiger partial charge in [-0.05, 0) is 0 Å². The minimum absolute atomic E-state index is 0. The minimum Gasteiger partial charge on any atom is -0.479 e. The van der Waals surface area contributed by atoms with Crippen molar-refractivity contribution in [3.8, 4) is 0 Å². The molecule has 0 heterocycles. The molecular weight excluding hydrogens is 236 g/mol. The zero-order valence-corrected chi connectivity index (χ0v) is 8.25. The van der Waals surface area contributed by atoms with Crippen molar-refractivity contribution >= 4 is 5.97 Å². The average molecular weight is 248 g/mol. The smallest absolute Gasteiger partial charge is 0.335 e. The van der Waals surface area contributed by atoms with Crippen molar-refractivity contribution in [1.82, 2.24) is 0 Å². The van der Waals surface area contributed by atoms with E-state index in [0.717, 1.165) is 0 Å². The van der Waals surface area contributed by atoms with Crippen LogP contribution < -0.4 is 0 Å². The standard InChI is InChI=1S/C7H12O6.Fe/c8-3-1-7(13,6(11)12)2-4(9)5(3)10;/h3-5,8-10,13H,1-2H2,(H,11,12);/t3-,4?,5?,7?;/m1./s1. The van der Waals surface area contributed by atoms with Crippen molar-refractivity contribution in [1.29, 1.82) is 0 Å². The van der Waals surface area contributed by atoms with E-state index in [4.69, 9.17) is 20.4 Å². The summed E-state index contributed by atoms with van der Waals surface area (Å²) in [6.45, 7) is 0. The Balaban J connectivity index is 0.00000169. The Kier molecular flexibility index (Phi) is 4.51. The first-order valence-corrected chi connectivity index (χ1v) is 3.87. The molecule has 3 unspecified atom stereocenters. The monoisotopic (exact) mass is 248 g/mol. The van der Waals surface area contributed by atoms with E-state index < -0.39 is 42.7 Å². The Morgan fingerprint density at radius 2 is 1.50 bits per heavy atom. The molecule has 0 radical (unpaired) electrons. The van der Waals surface area contributed by atoms with Crippen molar-refractivity contribution in [2.75, 3.05) is 0 Å². The number of hydrogen-bond donors (Lipinski definition) is 5. The second kappa shape index (κ2) is 4.57. The summed E-state index contributed by atoms with van der Waals surface area (Å²) >= 11 is 0. The van der Waals surface area contributed by atoms with Gasteiger partial charge in [0.25, 0.3) is 0 Å². The van der Waals surface area contributed by atoms with Gasteiger partial charge in [-0.2, -0.15) is 0 Å². The quantitative estimate of drug-likeness (QED) is 0.332. The van der Waals surface area contributed by atoms with Crippen molar-refractivity contribution in [2.24, 2.45) is 0 Å². The average Bonchev–Trinajstić information content (AvgIpc) is 2.00. The third-order valence-corrected chi connectivity index (χ3v) is 2.28. The van der Waals surface area contributed by atoms with Gasteiger partial charge in [0.2, 0.25) is 0 Å². The number of aliphatic hydroxyl groups is 4. The van der Waals surface area contributed by atoms with Gasteiger partial charge in [0.05, 0.1) is 12.2 Å². The Hall–Kier alpha value is -0.171. The van der Waals surface area contributed by atoms with Crippen molar-refractivity contribution < 1.29 is 47.4 Å². The van der Waals surface area contributed by atoms with Gasteiger partial charge in [0, 0.05) is 29.9 Å². The molecular formula is C7H12FeO6. The van der Waals surface area contributed by atoms with E-state index in [1.54, 1.807) is 0 Å². The van der Waals surface area contributed by atoms with Crippen molar-refractivity contribution in [2.45, 2.75) is 36.8 Å². The molecule has 1 saturated carbocycles. The fourth-order valence-electron chi connectivity index (χ4n) is 1.45. The van der Waals surface area contributed by atoms with Crippen LogP contribution in [-0.4, -0.2) is 55.4 Å². The molecule has 0 bridgehead atoms. The second-order valence-corrected chi connectivity index (χ2v) is 3.37. The number of aliphatic carboxylic acids is 1. The maximum atomic E-state index is 10.5. The summed E-state index contributed by atoms with van der Waals surface area (Å²) in [6, 6.07) is 0. The third-order valence-electron chi connectivity index (χ3n) is 2.28. The predicted molar refractivity (Wildman–Crippen MR) is 39.8 cm³/mol. The maximum Gasteiger partial charge on any atom is 0.335 e. The van der Waals surface area contributed by atoms with E-state index in [9.17, 15) is 9.90 Å². The van der Waals surface area contributed by atoms with Gasteiger partial charge in [-0.3, -0.25) is 0 Å². The molecule has 84 valence electrons. The van der Waals surface area contributed by atoms with Crippen LogP contribution in [0.4, 0.5) is 0 Å². The summed E-state index contributed by atoms with van der Waals surface area (Å²) in [4.78, 5) is 10.5. The first kappa shape index (κ1) is 13.8. The van der Waals surface area contributed by atoms with Crippen LogP contribution in [0.3, 0.4) is 0 Å². The molecule has 14 heavy (non-hydrogen) atoms. The summed E-state index contributed by atoms with van der Waals surface area (Å²) in [5.74, 6) is -1.50. The van der Waals surface area contributed by atoms with E-state index in [0.29, 0.717) is 0 Å². The predicted octanol–water partition coefficient (Wildman–Crippen LogP) is -2.32. The molecule has 0 amide bonds. The van der Waals surface area contributed by atoms with Crippen LogP contribution in [0.2, 0.25) is 0 Å². The third kappa shape index (κ3) is 2.44. The van der Waals surface area contributed by atoms with E-state index in [2.05, 4.69) is 0 Å². The fourth-order valence-corrected chi connectivity index (χ4v) is 1.45. The number of rotatable bonds is 1. The Bertz CT molecular complexity index is 208. The number of carboxylic acid groups (broad SMARTS) is 1. The first-order chi connectivity index (χ1) is 5.87. The summed E-state index contributed by atoms with van der Waals surface area (Å²) in [6.07, 6.45) is -5.16. The van der Waals surface area contributed by atoms with Gasteiger partial charge >= 0.3 is 5.97 Å². The molecule has 0 aliphatic heterocycles. The fraction of sp³-hybridized carbons (Fsp3) is 0.857. The summed E-state index contributed by atoms with van der Waals surface area (Å²) < 4.78 is 0. The van der Waals surface area contributed by atoms with Crippen LogP contribution in [0.1, 0.15) is 12.8 Å². The summed E-state index contributed by atoms with van der Waals surface area (Å²) in [7, 11) is 0. The molecule has 5 N–H and O–H groups in total.